The second-order valence-electron chi connectivity index (χ2n) is 5.80. The molecule has 0 aromatic carbocycles. The van der Waals surface area contributed by atoms with E-state index in [0.29, 0.717) is 6.10 Å². The first-order chi connectivity index (χ1) is 8.72. The monoisotopic (exact) mass is 256 g/mol. The summed E-state index contributed by atoms with van der Waals surface area (Å²) in [6.07, 6.45) is 5.65. The van der Waals surface area contributed by atoms with Crippen molar-refractivity contribution in [3.63, 3.8) is 0 Å². The summed E-state index contributed by atoms with van der Waals surface area (Å²) in [6, 6.07) is 0. The Morgan fingerprint density at radius 2 is 2.00 bits per heavy atom. The maximum Gasteiger partial charge on any atom is 0.0600 e. The summed E-state index contributed by atoms with van der Waals surface area (Å²) in [4.78, 5) is 2.60. The summed E-state index contributed by atoms with van der Waals surface area (Å²) in [5.41, 5.74) is 0. The van der Waals surface area contributed by atoms with Gasteiger partial charge in [-0.2, -0.15) is 0 Å². The second-order valence-corrected chi connectivity index (χ2v) is 5.80. The Bertz CT molecular complexity index is 189. The van der Waals surface area contributed by atoms with E-state index in [0.717, 1.165) is 25.6 Å². The van der Waals surface area contributed by atoms with Crippen molar-refractivity contribution < 1.29 is 4.74 Å². The molecule has 0 spiro atoms. The van der Waals surface area contributed by atoms with E-state index in [9.17, 15) is 0 Å². The molecule has 0 unspecified atom stereocenters. The van der Waals surface area contributed by atoms with E-state index in [4.69, 9.17) is 4.74 Å². The van der Waals surface area contributed by atoms with E-state index in [2.05, 4.69) is 31.0 Å². The highest BCUT2D eigenvalue weighted by atomic mass is 16.5. The van der Waals surface area contributed by atoms with Gasteiger partial charge in [-0.15, -0.1) is 0 Å². The lowest BCUT2D eigenvalue weighted by molar-refractivity contribution is 0.00892. The van der Waals surface area contributed by atoms with Crippen LogP contribution in [0.4, 0.5) is 0 Å². The molecule has 0 amide bonds. The third-order valence-electron chi connectivity index (χ3n) is 3.67. The molecule has 0 aromatic rings. The van der Waals surface area contributed by atoms with Crippen LogP contribution in [0.5, 0.6) is 0 Å². The quantitative estimate of drug-likeness (QED) is 0.642. The average molecular weight is 256 g/mol. The van der Waals surface area contributed by atoms with Gasteiger partial charge in [0, 0.05) is 19.6 Å². The molecule has 108 valence electrons. The molecule has 1 aliphatic rings. The van der Waals surface area contributed by atoms with E-state index >= 15 is 0 Å². The van der Waals surface area contributed by atoms with Crippen LogP contribution in [0.15, 0.2) is 0 Å². The van der Waals surface area contributed by atoms with Gasteiger partial charge in [-0.1, -0.05) is 20.8 Å². The lowest BCUT2D eigenvalue weighted by atomic mass is 10.1. The fraction of sp³-hybridized carbons (Fsp3) is 1.00. The van der Waals surface area contributed by atoms with Gasteiger partial charge in [-0.3, -0.25) is 0 Å². The SMILES string of the molecule is CCNCCOC1CCN(CCCC(C)C)CC1. The van der Waals surface area contributed by atoms with E-state index in [1.165, 1.54) is 45.3 Å². The van der Waals surface area contributed by atoms with Crippen LogP contribution in [-0.2, 0) is 4.74 Å². The highest BCUT2D eigenvalue weighted by molar-refractivity contribution is 4.72. The Kier molecular flexibility index (Phi) is 8.64. The Balaban J connectivity index is 1.98. The molecule has 0 aromatic heterocycles. The predicted molar refractivity (Wildman–Crippen MR) is 78.0 cm³/mol. The van der Waals surface area contributed by atoms with Gasteiger partial charge in [-0.05, 0) is 44.7 Å². The van der Waals surface area contributed by atoms with Crippen LogP contribution in [0.25, 0.3) is 0 Å². The number of piperidine rings is 1. The van der Waals surface area contributed by atoms with Crippen molar-refractivity contribution in [1.29, 1.82) is 0 Å². The molecule has 1 fully saturated rings. The molecule has 0 bridgehead atoms. The van der Waals surface area contributed by atoms with Crippen LogP contribution in [0, 0.1) is 5.92 Å². The number of hydrogen-bond acceptors (Lipinski definition) is 3. The number of likely N-dealkylation sites (tertiary alicyclic amines) is 1. The van der Waals surface area contributed by atoms with Crippen LogP contribution >= 0.6 is 0 Å². The zero-order chi connectivity index (χ0) is 13.2. The minimum absolute atomic E-state index is 0.505. The Labute approximate surface area is 113 Å². The molecule has 0 aliphatic carbocycles. The molecule has 1 N–H and O–H groups in total. The van der Waals surface area contributed by atoms with Crippen LogP contribution in [0.3, 0.4) is 0 Å². The molecule has 1 rings (SSSR count). The Hall–Kier alpha value is -0.120. The number of nitrogens with zero attached hydrogens (tertiary/aromatic N) is 1. The highest BCUT2D eigenvalue weighted by Crippen LogP contribution is 2.14. The maximum absolute atomic E-state index is 5.89. The molecule has 1 aliphatic heterocycles. The fourth-order valence-electron chi connectivity index (χ4n) is 2.50. The summed E-state index contributed by atoms with van der Waals surface area (Å²) < 4.78 is 5.89. The number of hydrogen-bond donors (Lipinski definition) is 1. The smallest absolute Gasteiger partial charge is 0.0600 e. The van der Waals surface area contributed by atoms with Gasteiger partial charge in [0.05, 0.1) is 12.7 Å². The number of rotatable bonds is 9. The molecule has 0 radical (unpaired) electrons. The first kappa shape index (κ1) is 15.9. The number of ether oxygens (including phenoxy) is 1. The van der Waals surface area contributed by atoms with Gasteiger partial charge < -0.3 is 15.0 Å². The molecule has 1 saturated heterocycles. The van der Waals surface area contributed by atoms with Crippen LogP contribution in [0.1, 0.15) is 46.5 Å². The normalized spacial score (nSPS) is 18.7. The summed E-state index contributed by atoms with van der Waals surface area (Å²) in [6.45, 7) is 13.4. The molecule has 1 heterocycles. The van der Waals surface area contributed by atoms with Crippen LogP contribution < -0.4 is 5.32 Å². The molecule has 3 nitrogen and oxygen atoms in total. The number of nitrogens with one attached hydrogen (secondary N) is 1. The summed E-state index contributed by atoms with van der Waals surface area (Å²) in [7, 11) is 0. The van der Waals surface area contributed by atoms with Crippen molar-refractivity contribution in [3.8, 4) is 0 Å². The van der Waals surface area contributed by atoms with Crippen molar-refractivity contribution in [1.82, 2.24) is 10.2 Å². The Morgan fingerprint density at radius 3 is 2.61 bits per heavy atom. The number of likely N-dealkylation sites (N-methyl/N-ethyl adjacent to an activating group) is 1. The Morgan fingerprint density at radius 1 is 1.28 bits per heavy atom. The molecular formula is C15H32N2O. The maximum atomic E-state index is 5.89. The van der Waals surface area contributed by atoms with E-state index in [1.807, 2.05) is 0 Å². The van der Waals surface area contributed by atoms with Gasteiger partial charge in [0.1, 0.15) is 0 Å². The average Bonchev–Trinajstić information content (AvgIpc) is 2.36. The molecule has 0 saturated carbocycles. The van der Waals surface area contributed by atoms with Crippen molar-refractivity contribution in [2.75, 3.05) is 39.3 Å². The van der Waals surface area contributed by atoms with E-state index < -0.39 is 0 Å². The van der Waals surface area contributed by atoms with Gasteiger partial charge in [0.25, 0.3) is 0 Å². The van der Waals surface area contributed by atoms with Gasteiger partial charge >= 0.3 is 0 Å². The van der Waals surface area contributed by atoms with E-state index in [1.54, 1.807) is 0 Å². The van der Waals surface area contributed by atoms with Crippen LogP contribution in [-0.4, -0.2) is 50.3 Å². The third-order valence-corrected chi connectivity index (χ3v) is 3.67. The summed E-state index contributed by atoms with van der Waals surface area (Å²) in [5.74, 6) is 0.844. The summed E-state index contributed by atoms with van der Waals surface area (Å²) in [5, 5.41) is 3.30. The van der Waals surface area contributed by atoms with Gasteiger partial charge in [0.2, 0.25) is 0 Å². The fourth-order valence-corrected chi connectivity index (χ4v) is 2.50. The largest absolute Gasteiger partial charge is 0.377 e. The zero-order valence-electron chi connectivity index (χ0n) is 12.6. The van der Waals surface area contributed by atoms with E-state index in [-0.39, 0.29) is 0 Å². The lowest BCUT2D eigenvalue weighted by Crippen LogP contribution is -2.38. The minimum Gasteiger partial charge on any atom is -0.377 e. The highest BCUT2D eigenvalue weighted by Gasteiger charge is 2.18. The molecule has 3 heteroatoms. The standard InChI is InChI=1S/C15H32N2O/c1-4-16-9-13-18-15-7-11-17(12-8-15)10-5-6-14(2)3/h14-16H,4-13H2,1-3H3. The molecule has 18 heavy (non-hydrogen) atoms. The first-order valence-electron chi connectivity index (χ1n) is 7.77. The predicted octanol–water partition coefficient (Wildman–Crippen LogP) is 2.51. The molecule has 0 atom stereocenters. The second kappa shape index (κ2) is 9.76. The summed E-state index contributed by atoms with van der Waals surface area (Å²) >= 11 is 0. The van der Waals surface area contributed by atoms with Crippen molar-refractivity contribution >= 4 is 0 Å². The van der Waals surface area contributed by atoms with Crippen molar-refractivity contribution in [2.24, 2.45) is 5.92 Å². The van der Waals surface area contributed by atoms with Crippen molar-refractivity contribution in [3.05, 3.63) is 0 Å². The molecular weight excluding hydrogens is 224 g/mol. The van der Waals surface area contributed by atoms with Gasteiger partial charge in [0.15, 0.2) is 0 Å². The topological polar surface area (TPSA) is 24.5 Å². The first-order valence-corrected chi connectivity index (χ1v) is 7.77. The lowest BCUT2D eigenvalue weighted by Gasteiger charge is -2.32. The van der Waals surface area contributed by atoms with Crippen LogP contribution in [0.2, 0.25) is 0 Å². The van der Waals surface area contributed by atoms with Crippen molar-refractivity contribution in [2.45, 2.75) is 52.6 Å². The zero-order valence-corrected chi connectivity index (χ0v) is 12.6. The third kappa shape index (κ3) is 7.34. The minimum atomic E-state index is 0.505. The van der Waals surface area contributed by atoms with Gasteiger partial charge in [-0.25, -0.2) is 0 Å².